The fourth-order valence-electron chi connectivity index (χ4n) is 2.06. The molecule has 2 nitrogen and oxygen atoms in total. The molecule has 3 heterocycles. The van der Waals surface area contributed by atoms with Gasteiger partial charge in [-0.25, -0.2) is 0 Å². The third-order valence-corrected chi connectivity index (χ3v) is 5.80. The summed E-state index contributed by atoms with van der Waals surface area (Å²) in [6, 6.07) is 4.10. The van der Waals surface area contributed by atoms with Crippen molar-refractivity contribution in [3.8, 4) is 0 Å². The summed E-state index contributed by atoms with van der Waals surface area (Å²) in [6.07, 6.45) is 0. The first-order valence-corrected chi connectivity index (χ1v) is 7.56. The fourth-order valence-corrected chi connectivity index (χ4v) is 4.40. The van der Waals surface area contributed by atoms with Gasteiger partial charge in [-0.05, 0) is 24.5 Å². The van der Waals surface area contributed by atoms with E-state index in [0.29, 0.717) is 0 Å². The number of fused-ring (bicyclic) bond motifs is 3. The Morgan fingerprint density at radius 1 is 1.11 bits per heavy atom. The topological polar surface area (TPSA) is 32.9 Å². The molecule has 0 saturated heterocycles. The number of pyridine rings is 1. The van der Waals surface area contributed by atoms with Gasteiger partial charge < -0.3 is 4.98 Å². The lowest BCUT2D eigenvalue weighted by atomic mass is 9.95. The molecular weight excluding hydrogens is 262 g/mol. The van der Waals surface area contributed by atoms with E-state index in [1.807, 2.05) is 13.0 Å². The van der Waals surface area contributed by atoms with Gasteiger partial charge in [0.2, 0.25) is 0 Å². The first-order chi connectivity index (χ1) is 8.36. The van der Waals surface area contributed by atoms with Gasteiger partial charge >= 0.3 is 0 Å². The van der Waals surface area contributed by atoms with Crippen LogP contribution in [-0.2, 0) is 5.41 Å². The van der Waals surface area contributed by atoms with Crippen LogP contribution in [0.25, 0.3) is 20.3 Å². The Labute approximate surface area is 113 Å². The number of hydrogen-bond donors (Lipinski definition) is 1. The lowest BCUT2D eigenvalue weighted by molar-refractivity contribution is 0.604. The van der Waals surface area contributed by atoms with Gasteiger partial charge in [0.05, 0.1) is 20.3 Å². The molecule has 0 unspecified atom stereocenters. The lowest BCUT2D eigenvalue weighted by Crippen LogP contribution is -2.08. The number of aryl methyl sites for hydroxylation is 1. The molecular formula is C14H15NOS2. The van der Waals surface area contributed by atoms with Crippen molar-refractivity contribution in [3.63, 3.8) is 0 Å². The Kier molecular flexibility index (Phi) is 2.44. The molecule has 0 atom stereocenters. The number of rotatable bonds is 0. The van der Waals surface area contributed by atoms with Gasteiger partial charge in [0, 0.05) is 9.75 Å². The van der Waals surface area contributed by atoms with Crippen molar-refractivity contribution in [2.24, 2.45) is 0 Å². The van der Waals surface area contributed by atoms with E-state index in [-0.39, 0.29) is 11.0 Å². The summed E-state index contributed by atoms with van der Waals surface area (Å²) >= 11 is 3.51. The van der Waals surface area contributed by atoms with Gasteiger partial charge in [-0.2, -0.15) is 0 Å². The third kappa shape index (κ3) is 1.71. The minimum atomic E-state index is 0.0279. The highest BCUT2D eigenvalue weighted by Gasteiger charge is 2.19. The second kappa shape index (κ2) is 3.68. The van der Waals surface area contributed by atoms with Crippen molar-refractivity contribution < 1.29 is 0 Å². The standard InChI is InChI=1S/C14H15NOS2/c1-7-5-8-11(17-7)12-9(15-13(8)16)6-10(18-12)14(2,3)4/h5-6H,1-4H3,(H,15,16). The van der Waals surface area contributed by atoms with E-state index in [0.717, 1.165) is 15.6 Å². The Balaban J connectivity index is 2.47. The number of aromatic nitrogens is 1. The van der Waals surface area contributed by atoms with E-state index in [4.69, 9.17) is 0 Å². The van der Waals surface area contributed by atoms with Crippen LogP contribution < -0.4 is 5.56 Å². The first-order valence-electron chi connectivity index (χ1n) is 5.93. The Bertz CT molecular complexity index is 799. The van der Waals surface area contributed by atoms with Gasteiger partial charge in [0.25, 0.3) is 5.56 Å². The summed E-state index contributed by atoms with van der Waals surface area (Å²) < 4.78 is 2.35. The van der Waals surface area contributed by atoms with Crippen molar-refractivity contribution in [1.82, 2.24) is 4.98 Å². The van der Waals surface area contributed by atoms with Crippen molar-refractivity contribution in [2.45, 2.75) is 33.1 Å². The predicted molar refractivity (Wildman–Crippen MR) is 81.3 cm³/mol. The third-order valence-electron chi connectivity index (χ3n) is 3.03. The molecule has 3 aromatic heterocycles. The predicted octanol–water partition coefficient (Wildman–Crippen LogP) is 4.41. The van der Waals surface area contributed by atoms with E-state index < -0.39 is 0 Å². The smallest absolute Gasteiger partial charge is 0.257 e. The van der Waals surface area contributed by atoms with E-state index in [2.05, 4.69) is 31.8 Å². The molecule has 0 aliphatic heterocycles. The summed E-state index contributed by atoms with van der Waals surface area (Å²) in [7, 11) is 0. The first kappa shape index (κ1) is 11.9. The molecule has 0 aliphatic rings. The largest absolute Gasteiger partial charge is 0.321 e. The minimum absolute atomic E-state index is 0.0279. The van der Waals surface area contributed by atoms with Crippen LogP contribution in [0.15, 0.2) is 16.9 Å². The molecule has 4 heteroatoms. The van der Waals surface area contributed by atoms with Crippen LogP contribution in [0, 0.1) is 6.92 Å². The summed E-state index contributed by atoms with van der Waals surface area (Å²) in [5, 5.41) is 0.826. The summed E-state index contributed by atoms with van der Waals surface area (Å²) in [5.41, 5.74) is 1.13. The van der Waals surface area contributed by atoms with Crippen LogP contribution in [0.3, 0.4) is 0 Å². The number of hydrogen-bond acceptors (Lipinski definition) is 3. The molecule has 0 saturated carbocycles. The molecule has 0 fully saturated rings. The van der Waals surface area contributed by atoms with E-state index in [1.54, 1.807) is 22.7 Å². The van der Waals surface area contributed by atoms with Gasteiger partial charge in [-0.15, -0.1) is 22.7 Å². The zero-order chi connectivity index (χ0) is 13.1. The van der Waals surface area contributed by atoms with Crippen LogP contribution in [0.5, 0.6) is 0 Å². The molecule has 0 bridgehead atoms. The van der Waals surface area contributed by atoms with Crippen LogP contribution in [0.4, 0.5) is 0 Å². The molecule has 0 spiro atoms. The monoisotopic (exact) mass is 277 g/mol. The highest BCUT2D eigenvalue weighted by molar-refractivity contribution is 7.27. The normalized spacial score (nSPS) is 12.7. The molecule has 0 radical (unpaired) electrons. The Morgan fingerprint density at radius 2 is 1.83 bits per heavy atom. The van der Waals surface area contributed by atoms with Gasteiger partial charge in [0.1, 0.15) is 0 Å². The van der Waals surface area contributed by atoms with Crippen LogP contribution in [0.2, 0.25) is 0 Å². The van der Waals surface area contributed by atoms with E-state index in [1.165, 1.54) is 14.5 Å². The van der Waals surface area contributed by atoms with Crippen LogP contribution in [0.1, 0.15) is 30.5 Å². The molecule has 0 amide bonds. The van der Waals surface area contributed by atoms with Crippen molar-refractivity contribution in [3.05, 3.63) is 32.2 Å². The zero-order valence-corrected chi connectivity index (χ0v) is 12.5. The number of thiophene rings is 2. The van der Waals surface area contributed by atoms with E-state index in [9.17, 15) is 4.79 Å². The molecule has 0 aliphatic carbocycles. The lowest BCUT2D eigenvalue weighted by Gasteiger charge is -2.14. The Hall–Kier alpha value is -1.13. The fraction of sp³-hybridized carbons (Fsp3) is 0.357. The van der Waals surface area contributed by atoms with Crippen molar-refractivity contribution >= 4 is 43.0 Å². The average Bonchev–Trinajstić information content (AvgIpc) is 2.79. The molecule has 94 valence electrons. The molecule has 0 aromatic carbocycles. The van der Waals surface area contributed by atoms with Gasteiger partial charge in [-0.1, -0.05) is 20.8 Å². The second-order valence-corrected chi connectivity index (χ2v) is 7.97. The van der Waals surface area contributed by atoms with E-state index >= 15 is 0 Å². The van der Waals surface area contributed by atoms with Crippen LogP contribution in [-0.4, -0.2) is 4.98 Å². The van der Waals surface area contributed by atoms with Crippen molar-refractivity contribution in [1.29, 1.82) is 0 Å². The summed E-state index contributed by atoms with van der Waals surface area (Å²) in [4.78, 5) is 17.5. The van der Waals surface area contributed by atoms with Gasteiger partial charge in [-0.3, -0.25) is 4.79 Å². The quantitative estimate of drug-likeness (QED) is 0.648. The van der Waals surface area contributed by atoms with Gasteiger partial charge in [0.15, 0.2) is 0 Å². The maximum Gasteiger partial charge on any atom is 0.257 e. The Morgan fingerprint density at radius 3 is 2.50 bits per heavy atom. The zero-order valence-electron chi connectivity index (χ0n) is 10.9. The maximum absolute atomic E-state index is 12.0. The van der Waals surface area contributed by atoms with Crippen molar-refractivity contribution in [2.75, 3.05) is 0 Å². The molecule has 3 rings (SSSR count). The summed E-state index contributed by atoms with van der Waals surface area (Å²) in [6.45, 7) is 8.65. The number of H-pyrrole nitrogens is 1. The minimum Gasteiger partial charge on any atom is -0.321 e. The summed E-state index contributed by atoms with van der Waals surface area (Å²) in [5.74, 6) is 0. The second-order valence-electron chi connectivity index (χ2n) is 5.66. The van der Waals surface area contributed by atoms with Crippen LogP contribution >= 0.6 is 22.7 Å². The number of nitrogens with one attached hydrogen (secondary N) is 1. The molecule has 3 aromatic rings. The highest BCUT2D eigenvalue weighted by atomic mass is 32.1. The number of aromatic amines is 1. The maximum atomic E-state index is 12.0. The SMILES string of the molecule is Cc1cc2c(=O)[nH]c3cc(C(C)(C)C)sc3c2s1. The average molecular weight is 277 g/mol. The molecule has 18 heavy (non-hydrogen) atoms. The highest BCUT2D eigenvalue weighted by Crippen LogP contribution is 2.38. The molecule has 1 N–H and O–H groups in total.